The van der Waals surface area contributed by atoms with Crippen molar-refractivity contribution in [2.45, 2.75) is 57.1 Å². The van der Waals surface area contributed by atoms with Gasteiger partial charge in [-0.05, 0) is 44.9 Å². The van der Waals surface area contributed by atoms with Crippen molar-refractivity contribution in [3.05, 3.63) is 58.9 Å². The molecule has 1 aromatic carbocycles. The highest BCUT2D eigenvalue weighted by Crippen LogP contribution is 2.52. The van der Waals surface area contributed by atoms with E-state index in [0.717, 1.165) is 37.4 Å². The molecule has 0 bridgehead atoms. The van der Waals surface area contributed by atoms with Gasteiger partial charge in [0.15, 0.2) is 0 Å². The van der Waals surface area contributed by atoms with Crippen LogP contribution in [0.4, 0.5) is 0 Å². The van der Waals surface area contributed by atoms with Crippen molar-refractivity contribution >= 4 is 11.6 Å². The van der Waals surface area contributed by atoms with Gasteiger partial charge in [-0.3, -0.25) is 9.88 Å². The molecule has 2 aromatic rings. The lowest BCUT2D eigenvalue weighted by atomic mass is 9.74. The van der Waals surface area contributed by atoms with E-state index in [1.807, 2.05) is 18.2 Å². The minimum atomic E-state index is -0.239. The average Bonchev–Trinajstić information content (AvgIpc) is 3.04. The summed E-state index contributed by atoms with van der Waals surface area (Å²) in [5, 5.41) is 0.682. The molecule has 142 valence electrons. The number of likely N-dealkylation sites (tertiary alicyclic amines) is 1. The zero-order valence-electron chi connectivity index (χ0n) is 15.8. The molecule has 4 heterocycles. The summed E-state index contributed by atoms with van der Waals surface area (Å²) in [6.07, 6.45) is 4.29. The summed E-state index contributed by atoms with van der Waals surface area (Å²) in [5.41, 5.74) is 2.03. The van der Waals surface area contributed by atoms with Gasteiger partial charge in [0.1, 0.15) is 11.4 Å². The van der Waals surface area contributed by atoms with Crippen LogP contribution in [0.3, 0.4) is 0 Å². The summed E-state index contributed by atoms with van der Waals surface area (Å²) in [6, 6.07) is 12.7. The molecule has 3 aliphatic rings. The third-order valence-electron chi connectivity index (χ3n) is 6.43. The van der Waals surface area contributed by atoms with Gasteiger partial charge in [-0.15, -0.1) is 0 Å². The molecule has 5 heteroatoms. The van der Waals surface area contributed by atoms with Gasteiger partial charge < -0.3 is 9.47 Å². The fraction of sp³-hybridized carbons (Fsp3) is 0.500. The zero-order valence-corrected chi connectivity index (χ0v) is 16.5. The van der Waals surface area contributed by atoms with Crippen molar-refractivity contribution < 1.29 is 9.47 Å². The molecular formula is C22H25ClN2O2. The molecule has 2 fully saturated rings. The van der Waals surface area contributed by atoms with Gasteiger partial charge >= 0.3 is 0 Å². The van der Waals surface area contributed by atoms with Crippen LogP contribution < -0.4 is 4.74 Å². The fourth-order valence-electron chi connectivity index (χ4n) is 5.02. The summed E-state index contributed by atoms with van der Waals surface area (Å²) in [7, 11) is 0. The second-order valence-corrected chi connectivity index (χ2v) is 8.91. The SMILES string of the molecule is CC1(C)Oc2ccccc2[C@@H]2O[C@@H]3CCN(Cc4ccc(Cl)cn4)[C@@H]3C[C@H]21. The fourth-order valence-corrected chi connectivity index (χ4v) is 5.14. The number of para-hydroxylation sites is 1. The molecule has 3 aliphatic heterocycles. The normalized spacial score (nSPS) is 31.5. The highest BCUT2D eigenvalue weighted by molar-refractivity contribution is 6.30. The van der Waals surface area contributed by atoms with Crippen LogP contribution in [0.2, 0.25) is 5.02 Å². The number of aromatic nitrogens is 1. The topological polar surface area (TPSA) is 34.6 Å². The molecule has 4 atom stereocenters. The summed E-state index contributed by atoms with van der Waals surface area (Å²) in [6.45, 7) is 6.29. The molecule has 0 aliphatic carbocycles. The molecule has 0 saturated carbocycles. The number of ether oxygens (including phenoxy) is 2. The van der Waals surface area contributed by atoms with E-state index in [0.29, 0.717) is 17.0 Å². The monoisotopic (exact) mass is 384 g/mol. The Kier molecular flexibility index (Phi) is 4.19. The Balaban J connectivity index is 1.40. The van der Waals surface area contributed by atoms with Gasteiger partial charge in [0, 0.05) is 36.8 Å². The lowest BCUT2D eigenvalue weighted by Gasteiger charge is -2.50. The van der Waals surface area contributed by atoms with Crippen molar-refractivity contribution in [1.29, 1.82) is 0 Å². The predicted molar refractivity (Wildman–Crippen MR) is 105 cm³/mol. The molecule has 2 saturated heterocycles. The predicted octanol–water partition coefficient (Wildman–Crippen LogP) is 4.63. The Morgan fingerprint density at radius 3 is 2.89 bits per heavy atom. The number of nitrogens with zero attached hydrogens (tertiary/aromatic N) is 2. The van der Waals surface area contributed by atoms with E-state index in [2.05, 4.69) is 41.9 Å². The van der Waals surface area contributed by atoms with E-state index >= 15 is 0 Å². The van der Waals surface area contributed by atoms with Crippen molar-refractivity contribution in [3.63, 3.8) is 0 Å². The molecule has 0 N–H and O–H groups in total. The Bertz CT molecular complexity index is 838. The maximum Gasteiger partial charge on any atom is 0.125 e. The van der Waals surface area contributed by atoms with Gasteiger partial charge in [-0.25, -0.2) is 0 Å². The van der Waals surface area contributed by atoms with E-state index < -0.39 is 0 Å². The third-order valence-corrected chi connectivity index (χ3v) is 6.65. The maximum atomic E-state index is 6.70. The van der Waals surface area contributed by atoms with Crippen LogP contribution in [-0.2, 0) is 11.3 Å². The Hall–Kier alpha value is -1.62. The number of rotatable bonds is 2. The Morgan fingerprint density at radius 2 is 2.07 bits per heavy atom. The van der Waals surface area contributed by atoms with Gasteiger partial charge in [-0.1, -0.05) is 29.8 Å². The van der Waals surface area contributed by atoms with E-state index in [4.69, 9.17) is 21.1 Å². The standard InChI is InChI=1S/C22H25ClN2O2/c1-22(2)17-11-18-20(26-21(17)16-5-3-4-6-19(16)27-22)9-10-25(18)13-15-8-7-14(23)12-24-15/h3-8,12,17-18,20-21H,9-11,13H2,1-2H3/t17-,18-,20-,21+/m1/s1. The number of pyridine rings is 1. The largest absolute Gasteiger partial charge is 0.487 e. The zero-order chi connectivity index (χ0) is 18.6. The van der Waals surface area contributed by atoms with Gasteiger partial charge in [0.25, 0.3) is 0 Å². The first-order valence-corrected chi connectivity index (χ1v) is 10.2. The van der Waals surface area contributed by atoms with Crippen LogP contribution in [0, 0.1) is 5.92 Å². The van der Waals surface area contributed by atoms with Crippen molar-refractivity contribution in [3.8, 4) is 5.75 Å². The van der Waals surface area contributed by atoms with Crippen molar-refractivity contribution in [2.24, 2.45) is 5.92 Å². The summed E-state index contributed by atoms with van der Waals surface area (Å²) >= 11 is 5.98. The van der Waals surface area contributed by atoms with Crippen LogP contribution >= 0.6 is 11.6 Å². The molecule has 0 unspecified atom stereocenters. The second kappa shape index (κ2) is 6.47. The number of hydrogen-bond acceptors (Lipinski definition) is 4. The summed E-state index contributed by atoms with van der Waals surface area (Å²) < 4.78 is 13.1. The molecule has 0 spiro atoms. The van der Waals surface area contributed by atoms with E-state index in [-0.39, 0.29) is 17.8 Å². The van der Waals surface area contributed by atoms with E-state index in [9.17, 15) is 0 Å². The number of benzene rings is 1. The Morgan fingerprint density at radius 1 is 1.22 bits per heavy atom. The number of fused-ring (bicyclic) bond motifs is 4. The van der Waals surface area contributed by atoms with Crippen molar-refractivity contribution in [1.82, 2.24) is 9.88 Å². The minimum absolute atomic E-state index is 0.125. The molecule has 5 rings (SSSR count). The minimum Gasteiger partial charge on any atom is -0.487 e. The molecular weight excluding hydrogens is 360 g/mol. The van der Waals surface area contributed by atoms with Crippen LogP contribution in [0.1, 0.15) is 44.1 Å². The first-order chi connectivity index (χ1) is 13.0. The lowest BCUT2D eigenvalue weighted by molar-refractivity contribution is -0.162. The lowest BCUT2D eigenvalue weighted by Crippen LogP contribution is -2.53. The van der Waals surface area contributed by atoms with E-state index in [1.54, 1.807) is 6.20 Å². The average molecular weight is 385 g/mol. The van der Waals surface area contributed by atoms with Crippen LogP contribution in [0.5, 0.6) is 5.75 Å². The van der Waals surface area contributed by atoms with Crippen LogP contribution in [0.15, 0.2) is 42.6 Å². The summed E-state index contributed by atoms with van der Waals surface area (Å²) in [5.74, 6) is 1.31. The number of halogens is 1. The molecule has 1 aromatic heterocycles. The quantitative estimate of drug-likeness (QED) is 0.756. The first-order valence-electron chi connectivity index (χ1n) is 9.79. The van der Waals surface area contributed by atoms with Crippen molar-refractivity contribution in [2.75, 3.05) is 6.54 Å². The molecule has 0 amide bonds. The molecule has 0 radical (unpaired) electrons. The van der Waals surface area contributed by atoms with Crippen LogP contribution in [0.25, 0.3) is 0 Å². The van der Waals surface area contributed by atoms with Gasteiger partial charge in [0.05, 0.1) is 22.9 Å². The molecule has 4 nitrogen and oxygen atoms in total. The van der Waals surface area contributed by atoms with E-state index in [1.165, 1.54) is 5.56 Å². The third kappa shape index (κ3) is 3.04. The highest BCUT2D eigenvalue weighted by atomic mass is 35.5. The Labute approximate surface area is 165 Å². The van der Waals surface area contributed by atoms with Gasteiger partial charge in [-0.2, -0.15) is 0 Å². The van der Waals surface area contributed by atoms with Crippen LogP contribution in [-0.4, -0.2) is 34.2 Å². The highest BCUT2D eigenvalue weighted by Gasteiger charge is 2.52. The maximum absolute atomic E-state index is 6.70. The number of hydrogen-bond donors (Lipinski definition) is 0. The first kappa shape index (κ1) is 17.5. The summed E-state index contributed by atoms with van der Waals surface area (Å²) in [4.78, 5) is 7.00. The second-order valence-electron chi connectivity index (χ2n) is 8.47. The van der Waals surface area contributed by atoms with Gasteiger partial charge in [0.2, 0.25) is 0 Å². The smallest absolute Gasteiger partial charge is 0.125 e. The molecule has 27 heavy (non-hydrogen) atoms.